The number of para-hydroxylation sites is 2. The molecule has 0 aromatic heterocycles. The van der Waals surface area contributed by atoms with E-state index in [9.17, 15) is 14.7 Å². The highest BCUT2D eigenvalue weighted by Gasteiger charge is 2.07. The molecule has 0 saturated heterocycles. The Balaban J connectivity index is 2.46. The smallest absolute Gasteiger partial charge is 0.224 e. The van der Waals surface area contributed by atoms with Gasteiger partial charge < -0.3 is 15.7 Å². The molecule has 0 aliphatic rings. The number of carbonyl (C=O) groups excluding carboxylic acids is 2. The molecule has 5 nitrogen and oxygen atoms in total. The van der Waals surface area contributed by atoms with Gasteiger partial charge in [0.2, 0.25) is 11.8 Å². The lowest BCUT2D eigenvalue weighted by Crippen LogP contribution is -2.20. The van der Waals surface area contributed by atoms with Crippen LogP contribution in [0.3, 0.4) is 0 Å². The van der Waals surface area contributed by atoms with Crippen LogP contribution < -0.4 is 10.6 Å². The maximum Gasteiger partial charge on any atom is 0.224 e. The Bertz CT molecular complexity index is 391. The standard InChI is InChI=1S/C11H14N2O3/c1-12-10(15)6-7-11(16)13-8-4-2-3-5-9(8)14/h2-5,14H,6-7H2,1H3,(H,12,15)(H,13,16). The molecular formula is C11H14N2O3. The topological polar surface area (TPSA) is 78.4 Å². The Hall–Kier alpha value is -2.04. The number of phenols is 1. The molecular weight excluding hydrogens is 208 g/mol. The third kappa shape index (κ3) is 3.61. The molecule has 5 heteroatoms. The monoisotopic (exact) mass is 222 g/mol. The van der Waals surface area contributed by atoms with Gasteiger partial charge in [-0.15, -0.1) is 0 Å². The van der Waals surface area contributed by atoms with Gasteiger partial charge in [-0.3, -0.25) is 9.59 Å². The van der Waals surface area contributed by atoms with Gasteiger partial charge in [-0.2, -0.15) is 0 Å². The van der Waals surface area contributed by atoms with Gasteiger partial charge in [0.1, 0.15) is 5.75 Å². The second-order valence-electron chi connectivity index (χ2n) is 3.24. The fraction of sp³-hybridized carbons (Fsp3) is 0.273. The van der Waals surface area contributed by atoms with Crippen LogP contribution in [0.25, 0.3) is 0 Å². The van der Waals surface area contributed by atoms with E-state index in [2.05, 4.69) is 10.6 Å². The molecule has 0 aliphatic heterocycles. The first kappa shape index (κ1) is 12.0. The van der Waals surface area contributed by atoms with Crippen molar-refractivity contribution in [2.24, 2.45) is 0 Å². The van der Waals surface area contributed by atoms with E-state index in [4.69, 9.17) is 0 Å². The van der Waals surface area contributed by atoms with Crippen molar-refractivity contribution in [1.29, 1.82) is 0 Å². The second kappa shape index (κ2) is 5.75. The minimum absolute atomic E-state index is 0.00999. The van der Waals surface area contributed by atoms with E-state index in [1.807, 2.05) is 0 Å². The number of carbonyl (C=O) groups is 2. The summed E-state index contributed by atoms with van der Waals surface area (Å²) >= 11 is 0. The summed E-state index contributed by atoms with van der Waals surface area (Å²) in [4.78, 5) is 22.3. The third-order valence-electron chi connectivity index (χ3n) is 2.04. The molecule has 86 valence electrons. The van der Waals surface area contributed by atoms with Crippen LogP contribution in [0.4, 0.5) is 5.69 Å². The van der Waals surface area contributed by atoms with E-state index in [0.717, 1.165) is 0 Å². The van der Waals surface area contributed by atoms with Gasteiger partial charge in [0.25, 0.3) is 0 Å². The Morgan fingerprint density at radius 2 is 1.81 bits per heavy atom. The number of phenolic OH excluding ortho intramolecular Hbond substituents is 1. The summed E-state index contributed by atoms with van der Waals surface area (Å²) in [5, 5.41) is 14.3. The van der Waals surface area contributed by atoms with Crippen molar-refractivity contribution >= 4 is 17.5 Å². The molecule has 0 bridgehead atoms. The number of anilines is 1. The van der Waals surface area contributed by atoms with E-state index in [1.165, 1.54) is 13.1 Å². The number of amides is 2. The van der Waals surface area contributed by atoms with Gasteiger partial charge in [0.15, 0.2) is 0 Å². The number of nitrogens with one attached hydrogen (secondary N) is 2. The summed E-state index contributed by atoms with van der Waals surface area (Å²) in [6.45, 7) is 0. The SMILES string of the molecule is CNC(=O)CCC(=O)Nc1ccccc1O. The average molecular weight is 222 g/mol. The van der Waals surface area contributed by atoms with Crippen molar-refractivity contribution in [3.63, 3.8) is 0 Å². The highest BCUT2D eigenvalue weighted by atomic mass is 16.3. The van der Waals surface area contributed by atoms with Gasteiger partial charge in [-0.1, -0.05) is 12.1 Å². The van der Waals surface area contributed by atoms with E-state index < -0.39 is 0 Å². The lowest BCUT2D eigenvalue weighted by molar-refractivity contribution is -0.124. The quantitative estimate of drug-likeness (QED) is 0.661. The van der Waals surface area contributed by atoms with Crippen LogP contribution in [-0.4, -0.2) is 24.0 Å². The molecule has 0 radical (unpaired) electrons. The second-order valence-corrected chi connectivity index (χ2v) is 3.24. The first-order chi connectivity index (χ1) is 7.63. The van der Waals surface area contributed by atoms with Crippen LogP contribution in [0.15, 0.2) is 24.3 Å². The molecule has 0 unspecified atom stereocenters. The van der Waals surface area contributed by atoms with Crippen LogP contribution in [0.5, 0.6) is 5.75 Å². The lowest BCUT2D eigenvalue weighted by atomic mass is 10.2. The summed E-state index contributed by atoms with van der Waals surface area (Å²) < 4.78 is 0. The Morgan fingerprint density at radius 1 is 1.19 bits per heavy atom. The maximum absolute atomic E-state index is 11.4. The molecule has 0 atom stereocenters. The Kier molecular flexibility index (Phi) is 4.32. The first-order valence-corrected chi connectivity index (χ1v) is 4.92. The van der Waals surface area contributed by atoms with Gasteiger partial charge >= 0.3 is 0 Å². The molecule has 1 rings (SSSR count). The zero-order chi connectivity index (χ0) is 12.0. The summed E-state index contributed by atoms with van der Waals surface area (Å²) in [6.07, 6.45) is 0.226. The number of hydrogen-bond acceptors (Lipinski definition) is 3. The fourth-order valence-corrected chi connectivity index (χ4v) is 1.14. The lowest BCUT2D eigenvalue weighted by Gasteiger charge is -2.06. The first-order valence-electron chi connectivity index (χ1n) is 4.92. The zero-order valence-electron chi connectivity index (χ0n) is 8.99. The number of aromatic hydroxyl groups is 1. The van der Waals surface area contributed by atoms with Crippen molar-refractivity contribution in [1.82, 2.24) is 5.32 Å². The fourth-order valence-electron chi connectivity index (χ4n) is 1.14. The Labute approximate surface area is 93.5 Å². The van der Waals surface area contributed by atoms with Crippen LogP contribution in [0, 0.1) is 0 Å². The maximum atomic E-state index is 11.4. The predicted molar refractivity (Wildman–Crippen MR) is 60.0 cm³/mol. The van der Waals surface area contributed by atoms with Gasteiger partial charge in [-0.25, -0.2) is 0 Å². The minimum Gasteiger partial charge on any atom is -0.506 e. The number of rotatable bonds is 4. The predicted octanol–water partition coefficient (Wildman–Crippen LogP) is 0.857. The summed E-state index contributed by atoms with van der Waals surface area (Å²) in [5.41, 5.74) is 0.351. The van der Waals surface area contributed by atoms with E-state index >= 15 is 0 Å². The number of benzene rings is 1. The van der Waals surface area contributed by atoms with E-state index in [1.54, 1.807) is 18.2 Å². The van der Waals surface area contributed by atoms with Gasteiger partial charge in [0, 0.05) is 19.9 Å². The highest BCUT2D eigenvalue weighted by Crippen LogP contribution is 2.21. The molecule has 3 N–H and O–H groups in total. The molecule has 0 fully saturated rings. The molecule has 1 aromatic rings. The molecule has 16 heavy (non-hydrogen) atoms. The van der Waals surface area contributed by atoms with Gasteiger partial charge in [-0.05, 0) is 12.1 Å². The van der Waals surface area contributed by atoms with Crippen LogP contribution in [0.2, 0.25) is 0 Å². The van der Waals surface area contributed by atoms with Crippen molar-refractivity contribution in [2.45, 2.75) is 12.8 Å². The van der Waals surface area contributed by atoms with Crippen molar-refractivity contribution in [2.75, 3.05) is 12.4 Å². The molecule has 0 spiro atoms. The molecule has 0 aliphatic carbocycles. The zero-order valence-corrected chi connectivity index (χ0v) is 8.99. The molecule has 0 saturated carbocycles. The summed E-state index contributed by atoms with van der Waals surface area (Å²) in [6, 6.07) is 6.44. The third-order valence-corrected chi connectivity index (χ3v) is 2.04. The number of hydrogen-bond donors (Lipinski definition) is 3. The van der Waals surface area contributed by atoms with Crippen LogP contribution >= 0.6 is 0 Å². The Morgan fingerprint density at radius 3 is 2.44 bits per heavy atom. The van der Waals surface area contributed by atoms with Crippen molar-refractivity contribution in [3.8, 4) is 5.75 Å². The summed E-state index contributed by atoms with van der Waals surface area (Å²) in [7, 11) is 1.52. The van der Waals surface area contributed by atoms with Crippen LogP contribution in [-0.2, 0) is 9.59 Å². The summed E-state index contributed by atoms with van der Waals surface area (Å²) in [5.74, 6) is -0.478. The molecule has 1 aromatic carbocycles. The molecule has 2 amide bonds. The van der Waals surface area contributed by atoms with Crippen molar-refractivity contribution in [3.05, 3.63) is 24.3 Å². The van der Waals surface area contributed by atoms with E-state index in [-0.39, 0.29) is 30.4 Å². The normalized spacial score (nSPS) is 9.56. The average Bonchev–Trinajstić information content (AvgIpc) is 2.29. The van der Waals surface area contributed by atoms with Crippen LogP contribution in [0.1, 0.15) is 12.8 Å². The highest BCUT2D eigenvalue weighted by molar-refractivity contribution is 5.94. The minimum atomic E-state index is -0.301. The largest absolute Gasteiger partial charge is 0.506 e. The van der Waals surface area contributed by atoms with E-state index in [0.29, 0.717) is 5.69 Å². The van der Waals surface area contributed by atoms with Crippen molar-refractivity contribution < 1.29 is 14.7 Å². The van der Waals surface area contributed by atoms with Gasteiger partial charge in [0.05, 0.1) is 5.69 Å². The molecule has 0 heterocycles.